The van der Waals surface area contributed by atoms with Crippen LogP contribution in [0, 0.1) is 5.82 Å². The number of fused-ring (bicyclic) bond motifs is 1. The van der Waals surface area contributed by atoms with Gasteiger partial charge in [0.1, 0.15) is 5.82 Å². The second-order valence-electron chi connectivity index (χ2n) is 6.41. The number of benzene rings is 2. The van der Waals surface area contributed by atoms with Crippen molar-refractivity contribution in [2.75, 3.05) is 18.8 Å². The largest absolute Gasteiger partial charge is 0.355 e. The first kappa shape index (κ1) is 20.1. The zero-order chi connectivity index (χ0) is 19.9. The lowest BCUT2D eigenvalue weighted by atomic mass is 10.1. The second kappa shape index (κ2) is 9.50. The molecule has 0 saturated carbocycles. The summed E-state index contributed by atoms with van der Waals surface area (Å²) >= 11 is 1.55. The van der Waals surface area contributed by atoms with Crippen molar-refractivity contribution in [3.63, 3.8) is 0 Å². The lowest BCUT2D eigenvalue weighted by Gasteiger charge is -2.13. The number of nitrogens with zero attached hydrogens (tertiary/aromatic N) is 1. The molecule has 0 atom stereocenters. The molecule has 2 aromatic rings. The molecular weight excluding hydrogens is 379 g/mol. The van der Waals surface area contributed by atoms with Gasteiger partial charge in [-0.25, -0.2) is 4.39 Å². The van der Waals surface area contributed by atoms with Crippen LogP contribution in [0.15, 0.2) is 48.5 Å². The highest BCUT2D eigenvalue weighted by Gasteiger charge is 2.34. The molecule has 7 heteroatoms. The highest BCUT2D eigenvalue weighted by Crippen LogP contribution is 2.22. The van der Waals surface area contributed by atoms with Crippen LogP contribution in [0.3, 0.4) is 0 Å². The van der Waals surface area contributed by atoms with Gasteiger partial charge >= 0.3 is 0 Å². The SMILES string of the molecule is O=C(CCCN1C(=O)c2ccccc2C1=O)NCCSCc1ccccc1F. The summed E-state index contributed by atoms with van der Waals surface area (Å²) in [6.07, 6.45) is 0.658. The Labute approximate surface area is 167 Å². The van der Waals surface area contributed by atoms with Crippen molar-refractivity contribution in [1.29, 1.82) is 0 Å². The zero-order valence-corrected chi connectivity index (χ0v) is 16.1. The molecule has 0 aromatic heterocycles. The van der Waals surface area contributed by atoms with Gasteiger partial charge in [0.25, 0.3) is 11.8 Å². The maximum Gasteiger partial charge on any atom is 0.261 e. The fourth-order valence-electron chi connectivity index (χ4n) is 2.99. The molecule has 2 aromatic carbocycles. The smallest absolute Gasteiger partial charge is 0.261 e. The fraction of sp³-hybridized carbons (Fsp3) is 0.286. The number of halogens is 1. The van der Waals surface area contributed by atoms with Crippen LogP contribution in [-0.4, -0.2) is 41.5 Å². The molecular formula is C21H21FN2O3S. The summed E-state index contributed by atoms with van der Waals surface area (Å²) in [7, 11) is 0. The van der Waals surface area contributed by atoms with Gasteiger partial charge in [0.2, 0.25) is 5.91 Å². The van der Waals surface area contributed by atoms with E-state index in [1.165, 1.54) is 11.0 Å². The Morgan fingerprint density at radius 1 is 1.00 bits per heavy atom. The summed E-state index contributed by atoms with van der Waals surface area (Å²) in [5.74, 6) is 0.298. The third-order valence-corrected chi connectivity index (χ3v) is 5.46. The predicted octanol–water partition coefficient (Wildman–Crippen LogP) is 3.25. The van der Waals surface area contributed by atoms with Gasteiger partial charge in [-0.05, 0) is 30.2 Å². The lowest BCUT2D eigenvalue weighted by molar-refractivity contribution is -0.121. The maximum absolute atomic E-state index is 13.5. The van der Waals surface area contributed by atoms with Gasteiger partial charge in [0.05, 0.1) is 11.1 Å². The van der Waals surface area contributed by atoms with Gasteiger partial charge in [-0.3, -0.25) is 19.3 Å². The van der Waals surface area contributed by atoms with E-state index in [1.54, 1.807) is 54.2 Å². The lowest BCUT2D eigenvalue weighted by Crippen LogP contribution is -2.32. The number of rotatable bonds is 9. The molecule has 0 spiro atoms. The van der Waals surface area contributed by atoms with E-state index in [0.29, 0.717) is 41.2 Å². The van der Waals surface area contributed by atoms with Gasteiger partial charge < -0.3 is 5.32 Å². The number of carbonyl (C=O) groups is 3. The molecule has 5 nitrogen and oxygen atoms in total. The molecule has 3 amide bonds. The topological polar surface area (TPSA) is 66.5 Å². The van der Waals surface area contributed by atoms with E-state index in [-0.39, 0.29) is 36.5 Å². The van der Waals surface area contributed by atoms with Crippen LogP contribution in [0.2, 0.25) is 0 Å². The molecule has 0 unspecified atom stereocenters. The summed E-state index contributed by atoms with van der Waals surface area (Å²) in [6, 6.07) is 13.4. The Balaban J connectivity index is 1.32. The van der Waals surface area contributed by atoms with Crippen LogP contribution in [0.5, 0.6) is 0 Å². The van der Waals surface area contributed by atoms with E-state index in [2.05, 4.69) is 5.32 Å². The summed E-state index contributed by atoms with van der Waals surface area (Å²) in [6.45, 7) is 0.715. The van der Waals surface area contributed by atoms with Crippen LogP contribution in [0.25, 0.3) is 0 Å². The average Bonchev–Trinajstić information content (AvgIpc) is 2.94. The normalized spacial score (nSPS) is 13.0. The summed E-state index contributed by atoms with van der Waals surface area (Å²) in [4.78, 5) is 37.6. The fourth-order valence-corrected chi connectivity index (χ4v) is 3.83. The second-order valence-corrected chi connectivity index (χ2v) is 7.51. The van der Waals surface area contributed by atoms with Crippen molar-refractivity contribution in [2.24, 2.45) is 0 Å². The van der Waals surface area contributed by atoms with Gasteiger partial charge in [0, 0.05) is 31.0 Å². The number of hydrogen-bond acceptors (Lipinski definition) is 4. The highest BCUT2D eigenvalue weighted by molar-refractivity contribution is 7.98. The number of carbonyl (C=O) groups excluding carboxylic acids is 3. The maximum atomic E-state index is 13.5. The van der Waals surface area contributed by atoms with Gasteiger partial charge in [-0.15, -0.1) is 0 Å². The first-order valence-electron chi connectivity index (χ1n) is 9.11. The van der Waals surface area contributed by atoms with Crippen LogP contribution in [-0.2, 0) is 10.5 Å². The van der Waals surface area contributed by atoms with Crippen molar-refractivity contribution in [1.82, 2.24) is 10.2 Å². The van der Waals surface area contributed by atoms with E-state index >= 15 is 0 Å². The minimum atomic E-state index is -0.300. The predicted molar refractivity (Wildman–Crippen MR) is 107 cm³/mol. The molecule has 0 saturated heterocycles. The Bertz CT molecular complexity index is 852. The quantitative estimate of drug-likeness (QED) is 0.518. The molecule has 1 heterocycles. The molecule has 28 heavy (non-hydrogen) atoms. The molecule has 1 N–H and O–H groups in total. The zero-order valence-electron chi connectivity index (χ0n) is 15.3. The minimum absolute atomic E-state index is 0.122. The molecule has 1 aliphatic rings. The molecule has 3 rings (SSSR count). The Hall–Kier alpha value is -2.67. The number of hydrogen-bond donors (Lipinski definition) is 1. The molecule has 0 bridgehead atoms. The molecule has 0 radical (unpaired) electrons. The number of nitrogens with one attached hydrogen (secondary N) is 1. The van der Waals surface area contributed by atoms with Crippen LogP contribution in [0.1, 0.15) is 39.1 Å². The van der Waals surface area contributed by atoms with Crippen LogP contribution in [0.4, 0.5) is 4.39 Å². The van der Waals surface area contributed by atoms with Gasteiger partial charge in [0.15, 0.2) is 0 Å². The minimum Gasteiger partial charge on any atom is -0.355 e. The molecule has 0 fully saturated rings. The number of amides is 3. The monoisotopic (exact) mass is 400 g/mol. The standard InChI is InChI=1S/C21H21FN2O3S/c22-18-9-4-1-6-15(18)14-28-13-11-23-19(25)10-5-12-24-20(26)16-7-2-3-8-17(16)21(24)27/h1-4,6-9H,5,10-14H2,(H,23,25). The van der Waals surface area contributed by atoms with Gasteiger partial charge in [-0.1, -0.05) is 30.3 Å². The summed E-state index contributed by atoms with van der Waals surface area (Å²) in [5.41, 5.74) is 1.49. The van der Waals surface area contributed by atoms with Crippen molar-refractivity contribution >= 4 is 29.5 Å². The Morgan fingerprint density at radius 2 is 1.64 bits per heavy atom. The van der Waals surface area contributed by atoms with Crippen molar-refractivity contribution in [2.45, 2.75) is 18.6 Å². The third kappa shape index (κ3) is 4.78. The van der Waals surface area contributed by atoms with Crippen molar-refractivity contribution in [3.8, 4) is 0 Å². The number of imide groups is 1. The van der Waals surface area contributed by atoms with E-state index in [1.807, 2.05) is 0 Å². The molecule has 146 valence electrons. The van der Waals surface area contributed by atoms with Crippen LogP contribution < -0.4 is 5.32 Å². The molecule has 1 aliphatic heterocycles. The van der Waals surface area contributed by atoms with Gasteiger partial charge in [-0.2, -0.15) is 11.8 Å². The van der Waals surface area contributed by atoms with E-state index in [9.17, 15) is 18.8 Å². The summed E-state index contributed by atoms with van der Waals surface area (Å²) in [5, 5.41) is 2.81. The Kier molecular flexibility index (Phi) is 6.81. The number of thioether (sulfide) groups is 1. The first-order chi connectivity index (χ1) is 13.6. The van der Waals surface area contributed by atoms with Crippen LogP contribution >= 0.6 is 11.8 Å². The summed E-state index contributed by atoms with van der Waals surface area (Å²) < 4.78 is 13.5. The average molecular weight is 400 g/mol. The van der Waals surface area contributed by atoms with E-state index in [4.69, 9.17) is 0 Å². The molecule has 0 aliphatic carbocycles. The first-order valence-corrected chi connectivity index (χ1v) is 10.3. The van der Waals surface area contributed by atoms with Crippen molar-refractivity contribution in [3.05, 3.63) is 71.0 Å². The van der Waals surface area contributed by atoms with E-state index < -0.39 is 0 Å². The highest BCUT2D eigenvalue weighted by atomic mass is 32.2. The van der Waals surface area contributed by atoms with E-state index in [0.717, 1.165) is 0 Å². The third-order valence-electron chi connectivity index (χ3n) is 4.45. The van der Waals surface area contributed by atoms with Crippen molar-refractivity contribution < 1.29 is 18.8 Å². The Morgan fingerprint density at radius 3 is 2.32 bits per heavy atom.